The van der Waals surface area contributed by atoms with E-state index in [4.69, 9.17) is 0 Å². The van der Waals surface area contributed by atoms with Crippen molar-refractivity contribution in [2.45, 2.75) is 39.0 Å². The average molecular weight is 311 g/mol. The molecule has 0 radical (unpaired) electrons. The van der Waals surface area contributed by atoms with Crippen LogP contribution in [0.1, 0.15) is 48.0 Å². The molecule has 23 heavy (non-hydrogen) atoms. The Morgan fingerprint density at radius 1 is 1.26 bits per heavy atom. The van der Waals surface area contributed by atoms with Crippen LogP contribution in [0.3, 0.4) is 0 Å². The number of hydrogen-bond acceptors (Lipinski definition) is 4. The largest absolute Gasteiger partial charge is 0.298 e. The Balaban J connectivity index is 2.19. The summed E-state index contributed by atoms with van der Waals surface area (Å²) in [5, 5.41) is 9.35. The van der Waals surface area contributed by atoms with Gasteiger partial charge in [-0.05, 0) is 43.5 Å². The smallest absolute Gasteiger partial charge is 0.164 e. The summed E-state index contributed by atoms with van der Waals surface area (Å²) in [4.78, 5) is 20.9. The van der Waals surface area contributed by atoms with E-state index in [9.17, 15) is 14.4 Å². The summed E-state index contributed by atoms with van der Waals surface area (Å²) < 4.78 is 13.3. The van der Waals surface area contributed by atoms with Gasteiger partial charge in [-0.2, -0.15) is 5.26 Å². The van der Waals surface area contributed by atoms with Gasteiger partial charge < -0.3 is 0 Å². The third-order valence-corrected chi connectivity index (χ3v) is 3.63. The number of nitrogens with zero attached hydrogens (tertiary/aromatic N) is 3. The molecule has 1 heterocycles. The molecule has 0 N–H and O–H groups in total. The Bertz CT molecular complexity index is 747. The van der Waals surface area contributed by atoms with Crippen LogP contribution in [-0.2, 0) is 4.79 Å². The molecular formula is C18H18FN3O. The minimum absolute atomic E-state index is 0.137. The molecule has 0 fully saturated rings. The van der Waals surface area contributed by atoms with E-state index in [-0.39, 0.29) is 29.8 Å². The maximum Gasteiger partial charge on any atom is 0.164 e. The molecule has 2 atom stereocenters. The van der Waals surface area contributed by atoms with Crippen LogP contribution >= 0.6 is 0 Å². The van der Waals surface area contributed by atoms with E-state index < -0.39 is 5.92 Å². The molecule has 1 aromatic carbocycles. The molecule has 0 aliphatic heterocycles. The second-order valence-electron chi connectivity index (χ2n) is 5.70. The van der Waals surface area contributed by atoms with Gasteiger partial charge in [0.15, 0.2) is 17.5 Å². The van der Waals surface area contributed by atoms with Crippen LogP contribution in [0.15, 0.2) is 30.3 Å². The molecule has 118 valence electrons. The third kappa shape index (κ3) is 4.19. The Labute approximate surface area is 135 Å². The quantitative estimate of drug-likeness (QED) is 0.846. The molecule has 0 bridgehead atoms. The predicted molar refractivity (Wildman–Crippen MR) is 84.3 cm³/mol. The van der Waals surface area contributed by atoms with Gasteiger partial charge in [0.2, 0.25) is 0 Å². The van der Waals surface area contributed by atoms with E-state index in [2.05, 4.69) is 9.97 Å². The first-order valence-electron chi connectivity index (χ1n) is 7.40. The van der Waals surface area contributed by atoms with Crippen molar-refractivity contribution >= 4 is 5.78 Å². The zero-order valence-corrected chi connectivity index (χ0v) is 13.4. The fourth-order valence-corrected chi connectivity index (χ4v) is 2.51. The van der Waals surface area contributed by atoms with Gasteiger partial charge in [-0.15, -0.1) is 0 Å². The first kappa shape index (κ1) is 16.8. The highest BCUT2D eigenvalue weighted by molar-refractivity contribution is 5.88. The van der Waals surface area contributed by atoms with E-state index in [0.717, 1.165) is 17.0 Å². The Morgan fingerprint density at radius 2 is 1.91 bits per heavy atom. The number of hydrogen-bond donors (Lipinski definition) is 0. The average Bonchev–Trinajstić information content (AvgIpc) is 2.46. The van der Waals surface area contributed by atoms with Crippen molar-refractivity contribution in [3.63, 3.8) is 0 Å². The maximum absolute atomic E-state index is 13.3. The molecule has 0 saturated carbocycles. The van der Waals surface area contributed by atoms with Crippen LogP contribution in [0.2, 0.25) is 0 Å². The molecule has 0 aliphatic carbocycles. The molecular weight excluding hydrogens is 293 g/mol. The molecule has 5 heteroatoms. The molecule has 0 aliphatic rings. The van der Waals surface area contributed by atoms with Crippen LogP contribution in [0, 0.1) is 31.0 Å². The predicted octanol–water partition coefficient (Wildman–Crippen LogP) is 3.60. The zero-order chi connectivity index (χ0) is 17.0. The Morgan fingerprint density at radius 3 is 2.48 bits per heavy atom. The molecule has 2 unspecified atom stereocenters. The minimum atomic E-state index is -0.996. The summed E-state index contributed by atoms with van der Waals surface area (Å²) in [7, 11) is 0. The molecule has 0 spiro atoms. The number of nitriles is 1. The van der Waals surface area contributed by atoms with E-state index >= 15 is 0 Å². The molecule has 0 saturated heterocycles. The van der Waals surface area contributed by atoms with Gasteiger partial charge in [0, 0.05) is 17.8 Å². The summed E-state index contributed by atoms with van der Waals surface area (Å²) in [5.74, 6) is -1.53. The minimum Gasteiger partial charge on any atom is -0.298 e. The molecule has 4 nitrogen and oxygen atoms in total. The Kier molecular flexibility index (Phi) is 5.17. The number of benzene rings is 1. The molecule has 2 aromatic rings. The lowest BCUT2D eigenvalue weighted by Gasteiger charge is -2.14. The van der Waals surface area contributed by atoms with Crippen molar-refractivity contribution in [1.29, 1.82) is 5.26 Å². The number of carbonyl (C=O) groups excluding carboxylic acids is 1. The lowest BCUT2D eigenvalue weighted by Crippen LogP contribution is -2.17. The fourth-order valence-electron chi connectivity index (χ4n) is 2.51. The first-order valence-corrected chi connectivity index (χ1v) is 7.40. The highest BCUT2D eigenvalue weighted by atomic mass is 19.1. The number of halogens is 1. The van der Waals surface area contributed by atoms with Gasteiger partial charge in [0.1, 0.15) is 5.82 Å². The van der Waals surface area contributed by atoms with Crippen LogP contribution in [0.4, 0.5) is 4.39 Å². The SMILES string of the molecule is Cc1cc(C)nc(C(C#N)C(=O)CC(C)c2cccc(F)c2)n1. The van der Waals surface area contributed by atoms with Crippen LogP contribution < -0.4 is 0 Å². The summed E-state index contributed by atoms with van der Waals surface area (Å²) >= 11 is 0. The number of Topliss-reactive ketones (excluding diaryl/α,β-unsaturated/α-hetero) is 1. The molecule has 0 amide bonds. The van der Waals surface area contributed by atoms with Gasteiger partial charge in [-0.3, -0.25) is 4.79 Å². The van der Waals surface area contributed by atoms with Crippen molar-refractivity contribution in [3.8, 4) is 6.07 Å². The van der Waals surface area contributed by atoms with E-state index in [1.54, 1.807) is 32.0 Å². The number of carbonyl (C=O) groups is 1. The second-order valence-corrected chi connectivity index (χ2v) is 5.70. The normalized spacial score (nSPS) is 13.2. The van der Waals surface area contributed by atoms with Gasteiger partial charge in [-0.1, -0.05) is 19.1 Å². The summed E-state index contributed by atoms with van der Waals surface area (Å²) in [6.07, 6.45) is 0.137. The van der Waals surface area contributed by atoms with Crippen LogP contribution in [-0.4, -0.2) is 15.8 Å². The lowest BCUT2D eigenvalue weighted by molar-refractivity contribution is -0.119. The third-order valence-electron chi connectivity index (χ3n) is 3.63. The number of aryl methyl sites for hydroxylation is 2. The van der Waals surface area contributed by atoms with Crippen LogP contribution in [0.5, 0.6) is 0 Å². The van der Waals surface area contributed by atoms with Gasteiger partial charge in [-0.25, -0.2) is 14.4 Å². The maximum atomic E-state index is 13.3. The van der Waals surface area contributed by atoms with Crippen molar-refractivity contribution in [3.05, 3.63) is 58.9 Å². The topological polar surface area (TPSA) is 66.6 Å². The van der Waals surface area contributed by atoms with Crippen LogP contribution in [0.25, 0.3) is 0 Å². The highest BCUT2D eigenvalue weighted by Gasteiger charge is 2.25. The highest BCUT2D eigenvalue weighted by Crippen LogP contribution is 2.24. The summed E-state index contributed by atoms with van der Waals surface area (Å²) in [5.41, 5.74) is 2.17. The van der Waals surface area contributed by atoms with E-state index in [1.165, 1.54) is 12.1 Å². The Hall–Kier alpha value is -2.61. The van der Waals surface area contributed by atoms with Crippen molar-refractivity contribution in [2.24, 2.45) is 0 Å². The number of rotatable bonds is 5. The standard InChI is InChI=1S/C18H18FN3O/c1-11(14-5-4-6-15(19)9-14)7-17(23)16(10-20)18-21-12(2)8-13(3)22-18/h4-6,8-9,11,16H,7H2,1-3H3. The van der Waals surface area contributed by atoms with E-state index in [0.29, 0.717) is 0 Å². The van der Waals surface area contributed by atoms with Crippen molar-refractivity contribution in [2.75, 3.05) is 0 Å². The number of ketones is 1. The summed E-state index contributed by atoms with van der Waals surface area (Å²) in [6, 6.07) is 9.94. The lowest BCUT2D eigenvalue weighted by atomic mass is 9.90. The monoisotopic (exact) mass is 311 g/mol. The zero-order valence-electron chi connectivity index (χ0n) is 13.4. The van der Waals surface area contributed by atoms with Gasteiger partial charge in [0.25, 0.3) is 0 Å². The fraction of sp³-hybridized carbons (Fsp3) is 0.333. The van der Waals surface area contributed by atoms with Crippen molar-refractivity contribution < 1.29 is 9.18 Å². The number of aromatic nitrogens is 2. The van der Waals surface area contributed by atoms with Gasteiger partial charge in [0.05, 0.1) is 6.07 Å². The first-order chi connectivity index (χ1) is 10.9. The van der Waals surface area contributed by atoms with E-state index in [1.807, 2.05) is 13.0 Å². The second kappa shape index (κ2) is 7.10. The summed E-state index contributed by atoms with van der Waals surface area (Å²) in [6.45, 7) is 5.43. The van der Waals surface area contributed by atoms with Gasteiger partial charge >= 0.3 is 0 Å². The van der Waals surface area contributed by atoms with Crippen molar-refractivity contribution in [1.82, 2.24) is 9.97 Å². The molecule has 1 aromatic heterocycles. The molecule has 2 rings (SSSR count).